The normalized spacial score (nSPS) is 20.9. The van der Waals surface area contributed by atoms with Gasteiger partial charge in [0.2, 0.25) is 0 Å². The molecule has 6 rings (SSSR count). The minimum absolute atomic E-state index is 0.00248. The summed E-state index contributed by atoms with van der Waals surface area (Å²) in [5.74, 6) is -4.63. The number of aromatic nitrogens is 2. The number of halogens is 6. The van der Waals surface area contributed by atoms with Gasteiger partial charge in [0.05, 0.1) is 12.1 Å². The molecule has 0 unspecified atom stereocenters. The number of rotatable bonds is 6. The zero-order valence-corrected chi connectivity index (χ0v) is 25.7. The van der Waals surface area contributed by atoms with Crippen molar-refractivity contribution in [1.82, 2.24) is 14.9 Å². The largest absolute Gasteiger partial charge is 0.508 e. The van der Waals surface area contributed by atoms with Gasteiger partial charge in [-0.15, -0.1) is 0 Å². The molecule has 2 aliphatic rings. The molecule has 0 bridgehead atoms. The Morgan fingerprint density at radius 1 is 1.15 bits per heavy atom. The lowest BCUT2D eigenvalue weighted by Gasteiger charge is -2.40. The first-order chi connectivity index (χ1) is 21.7. The lowest BCUT2D eigenvalue weighted by molar-refractivity contribution is -0.213. The van der Waals surface area contributed by atoms with E-state index < -0.39 is 34.9 Å². The third kappa shape index (κ3) is 6.09. The number of phenolic OH excluding ortho intramolecular Hbond substituents is 1. The average Bonchev–Trinajstić information content (AvgIpc) is 3.39. The SMILES string of the molecule is CN1CCC[C@H]1COc1nc(N2CCC[C@@](C)(OC(=O)C(F)(F)F)C2)c2cc(F)c(-c3cc(O)cc4cccc(Cl)c34)c(F)c2n1. The molecule has 244 valence electrons. The summed E-state index contributed by atoms with van der Waals surface area (Å²) in [6.45, 7) is 2.44. The van der Waals surface area contributed by atoms with E-state index in [0.717, 1.165) is 25.5 Å². The highest BCUT2D eigenvalue weighted by Crippen LogP contribution is 2.43. The maximum atomic E-state index is 16.7. The summed E-state index contributed by atoms with van der Waals surface area (Å²) in [5, 5.41) is 11.3. The van der Waals surface area contributed by atoms with Crippen molar-refractivity contribution in [2.24, 2.45) is 0 Å². The number of benzene rings is 3. The molecule has 46 heavy (non-hydrogen) atoms. The van der Waals surface area contributed by atoms with Crippen molar-refractivity contribution in [3.63, 3.8) is 0 Å². The number of hydrogen-bond donors (Lipinski definition) is 1. The number of hydrogen-bond acceptors (Lipinski definition) is 8. The molecule has 0 spiro atoms. The van der Waals surface area contributed by atoms with E-state index in [1.807, 2.05) is 7.05 Å². The molecule has 14 heteroatoms. The van der Waals surface area contributed by atoms with E-state index in [1.54, 1.807) is 18.2 Å². The van der Waals surface area contributed by atoms with Crippen LogP contribution in [0.3, 0.4) is 0 Å². The van der Waals surface area contributed by atoms with Crippen LogP contribution in [-0.2, 0) is 9.53 Å². The van der Waals surface area contributed by atoms with Gasteiger partial charge in [0.1, 0.15) is 35.1 Å². The quantitative estimate of drug-likeness (QED) is 0.174. The summed E-state index contributed by atoms with van der Waals surface area (Å²) in [6, 6.07) is 8.37. The second-order valence-electron chi connectivity index (χ2n) is 12.1. The minimum atomic E-state index is -5.19. The zero-order valence-electron chi connectivity index (χ0n) is 24.9. The van der Waals surface area contributed by atoms with E-state index in [-0.39, 0.29) is 71.2 Å². The number of likely N-dealkylation sites (N-methyl/N-ethyl adjacent to an activating group) is 1. The summed E-state index contributed by atoms with van der Waals surface area (Å²) >= 11 is 6.46. The number of likely N-dealkylation sites (tertiary alicyclic amines) is 1. The fraction of sp³-hybridized carbons (Fsp3) is 0.406. The smallest absolute Gasteiger partial charge is 0.490 e. The van der Waals surface area contributed by atoms with Crippen molar-refractivity contribution in [3.8, 4) is 22.9 Å². The second kappa shape index (κ2) is 12.0. The van der Waals surface area contributed by atoms with Crippen molar-refractivity contribution in [2.75, 3.05) is 38.2 Å². The Morgan fingerprint density at radius 2 is 1.93 bits per heavy atom. The number of nitrogens with zero attached hydrogens (tertiary/aromatic N) is 4. The molecule has 1 aromatic heterocycles. The third-order valence-electron chi connectivity index (χ3n) is 8.63. The first-order valence-electron chi connectivity index (χ1n) is 14.7. The van der Waals surface area contributed by atoms with Crippen LogP contribution in [0.5, 0.6) is 11.8 Å². The van der Waals surface area contributed by atoms with E-state index in [0.29, 0.717) is 17.2 Å². The van der Waals surface area contributed by atoms with Crippen molar-refractivity contribution < 1.29 is 41.3 Å². The standard InChI is InChI=1S/C32H30ClF5N4O4/c1-31(46-29(44)32(36,37)38)9-5-11-42(16-31)28-21-14-23(34)25(20-13-19(43)12-17-6-3-8-22(33)24(17)20)26(35)27(21)39-30(40-28)45-15-18-7-4-10-41(18)2/h3,6,8,12-14,18,43H,4-5,7,9-11,15-16H2,1-2H3/t18-,31+/m0/s1. The van der Waals surface area contributed by atoms with E-state index in [9.17, 15) is 23.1 Å². The van der Waals surface area contributed by atoms with Crippen LogP contribution in [0.15, 0.2) is 36.4 Å². The predicted octanol–water partition coefficient (Wildman–Crippen LogP) is 7.02. The van der Waals surface area contributed by atoms with Gasteiger partial charge >= 0.3 is 18.2 Å². The van der Waals surface area contributed by atoms with E-state index in [1.165, 1.54) is 24.0 Å². The van der Waals surface area contributed by atoms with Gasteiger partial charge in [0.25, 0.3) is 0 Å². The summed E-state index contributed by atoms with van der Waals surface area (Å²) < 4.78 is 82.8. The molecule has 3 heterocycles. The minimum Gasteiger partial charge on any atom is -0.508 e. The zero-order chi connectivity index (χ0) is 33.0. The molecule has 0 amide bonds. The molecule has 8 nitrogen and oxygen atoms in total. The molecular weight excluding hydrogens is 635 g/mol. The first kappa shape index (κ1) is 32.0. The Labute approximate surface area is 265 Å². The van der Waals surface area contributed by atoms with Crippen LogP contribution in [-0.4, -0.2) is 77.1 Å². The fourth-order valence-corrected chi connectivity index (χ4v) is 6.67. The third-order valence-corrected chi connectivity index (χ3v) is 8.94. The number of carbonyl (C=O) groups excluding carboxylic acids is 1. The van der Waals surface area contributed by atoms with Crippen LogP contribution in [0.4, 0.5) is 27.8 Å². The number of fused-ring (bicyclic) bond motifs is 2. The van der Waals surface area contributed by atoms with Gasteiger partial charge in [-0.3, -0.25) is 0 Å². The summed E-state index contributed by atoms with van der Waals surface area (Å²) in [5.41, 5.74) is -2.36. The van der Waals surface area contributed by atoms with Crippen molar-refractivity contribution in [1.29, 1.82) is 0 Å². The molecule has 4 aromatic rings. The molecular formula is C32H30ClF5N4O4. The maximum absolute atomic E-state index is 16.7. The lowest BCUT2D eigenvalue weighted by atomic mass is 9.93. The van der Waals surface area contributed by atoms with Gasteiger partial charge in [0.15, 0.2) is 5.82 Å². The first-order valence-corrected chi connectivity index (χ1v) is 15.1. The number of carbonyl (C=O) groups is 1. The van der Waals surface area contributed by atoms with Crippen LogP contribution in [0, 0.1) is 11.6 Å². The number of ether oxygens (including phenoxy) is 2. The van der Waals surface area contributed by atoms with Crippen molar-refractivity contribution in [2.45, 2.75) is 50.4 Å². The van der Waals surface area contributed by atoms with E-state index in [4.69, 9.17) is 21.1 Å². The summed E-state index contributed by atoms with van der Waals surface area (Å²) in [7, 11) is 1.95. The highest BCUT2D eigenvalue weighted by molar-refractivity contribution is 6.36. The molecule has 2 atom stereocenters. The van der Waals surface area contributed by atoms with Crippen molar-refractivity contribution in [3.05, 3.63) is 53.1 Å². The van der Waals surface area contributed by atoms with E-state index in [2.05, 4.69) is 14.9 Å². The molecule has 2 aliphatic heterocycles. The number of aromatic hydroxyl groups is 1. The Kier molecular flexibility index (Phi) is 8.34. The summed E-state index contributed by atoms with van der Waals surface area (Å²) in [6.07, 6.45) is -2.93. The Bertz CT molecular complexity index is 1840. The highest BCUT2D eigenvalue weighted by Gasteiger charge is 2.46. The van der Waals surface area contributed by atoms with Crippen LogP contribution in [0.2, 0.25) is 5.02 Å². The maximum Gasteiger partial charge on any atom is 0.490 e. The van der Waals surface area contributed by atoms with Gasteiger partial charge < -0.3 is 24.4 Å². The number of piperidine rings is 1. The average molecular weight is 665 g/mol. The number of esters is 1. The second-order valence-corrected chi connectivity index (χ2v) is 12.5. The Balaban J connectivity index is 1.49. The number of alkyl halides is 3. The van der Waals surface area contributed by atoms with Gasteiger partial charge in [-0.1, -0.05) is 23.7 Å². The lowest BCUT2D eigenvalue weighted by Crippen LogP contribution is -2.50. The monoisotopic (exact) mass is 664 g/mol. The Morgan fingerprint density at radius 3 is 2.65 bits per heavy atom. The number of anilines is 1. The topological polar surface area (TPSA) is 88.0 Å². The molecule has 3 aromatic carbocycles. The van der Waals surface area contributed by atoms with Crippen LogP contribution >= 0.6 is 11.6 Å². The van der Waals surface area contributed by atoms with Gasteiger partial charge in [-0.05, 0) is 75.9 Å². The van der Waals surface area contributed by atoms with Crippen LogP contribution in [0.1, 0.15) is 32.6 Å². The fourth-order valence-electron chi connectivity index (χ4n) is 6.39. The molecule has 0 saturated carbocycles. The molecule has 0 radical (unpaired) electrons. The van der Waals surface area contributed by atoms with Gasteiger partial charge in [0, 0.05) is 33.9 Å². The van der Waals surface area contributed by atoms with Crippen molar-refractivity contribution >= 4 is 45.1 Å². The predicted molar refractivity (Wildman–Crippen MR) is 162 cm³/mol. The van der Waals surface area contributed by atoms with Gasteiger partial charge in [-0.25, -0.2) is 13.6 Å². The van der Waals surface area contributed by atoms with Crippen LogP contribution in [0.25, 0.3) is 32.8 Å². The highest BCUT2D eigenvalue weighted by atomic mass is 35.5. The Hall–Kier alpha value is -3.97. The van der Waals surface area contributed by atoms with E-state index >= 15 is 8.78 Å². The molecule has 0 aliphatic carbocycles. The summed E-state index contributed by atoms with van der Waals surface area (Å²) in [4.78, 5) is 24.2. The molecule has 2 fully saturated rings. The van der Waals surface area contributed by atoms with Gasteiger partial charge in [-0.2, -0.15) is 23.1 Å². The van der Waals surface area contributed by atoms with Crippen LogP contribution < -0.4 is 9.64 Å². The molecule has 2 saturated heterocycles. The number of phenols is 1. The molecule has 1 N–H and O–H groups in total.